The Morgan fingerprint density at radius 3 is 2.52 bits per heavy atom. The summed E-state index contributed by atoms with van der Waals surface area (Å²) in [5, 5.41) is 8.40. The van der Waals surface area contributed by atoms with Gasteiger partial charge in [-0.3, -0.25) is 0 Å². The van der Waals surface area contributed by atoms with Crippen molar-refractivity contribution in [3.8, 4) is 17.3 Å². The van der Waals surface area contributed by atoms with Crippen LogP contribution in [0.15, 0.2) is 60.4 Å². The molecule has 148 valence electrons. The highest BCUT2D eigenvalue weighted by molar-refractivity contribution is 5.68. The van der Waals surface area contributed by atoms with E-state index in [1.54, 1.807) is 0 Å². The lowest BCUT2D eigenvalue weighted by Crippen LogP contribution is -2.38. The molecule has 3 aromatic rings. The second-order valence-corrected chi connectivity index (χ2v) is 8.79. The van der Waals surface area contributed by atoms with E-state index in [1.807, 2.05) is 61.0 Å². The van der Waals surface area contributed by atoms with Crippen LogP contribution in [0.4, 0.5) is 5.69 Å². The zero-order valence-corrected chi connectivity index (χ0v) is 17.4. The van der Waals surface area contributed by atoms with Crippen LogP contribution in [0.25, 0.3) is 5.69 Å². The summed E-state index contributed by atoms with van der Waals surface area (Å²) in [6.45, 7) is 10.6. The Hall–Kier alpha value is -3.21. The molecule has 1 N–H and O–H groups in total. The third kappa shape index (κ3) is 2.72. The number of allylic oxidation sites excluding steroid dienone is 1. The maximum Gasteiger partial charge on any atom is 0.237 e. The van der Waals surface area contributed by atoms with Crippen molar-refractivity contribution in [1.82, 2.24) is 9.78 Å². The molecule has 0 saturated heterocycles. The van der Waals surface area contributed by atoms with Crippen molar-refractivity contribution in [2.24, 2.45) is 0 Å². The number of nitrogens with zero attached hydrogens (tertiary/aromatic N) is 2. The first kappa shape index (κ1) is 17.9. The smallest absolute Gasteiger partial charge is 0.237 e. The summed E-state index contributed by atoms with van der Waals surface area (Å²) in [6.07, 6.45) is 2.00. The molecule has 0 saturated carbocycles. The topological polar surface area (TPSA) is 48.3 Å². The number of aryl methyl sites for hydroxylation is 1. The molecule has 5 nitrogen and oxygen atoms in total. The van der Waals surface area contributed by atoms with Crippen LogP contribution in [-0.4, -0.2) is 9.78 Å². The van der Waals surface area contributed by atoms with Crippen LogP contribution >= 0.6 is 0 Å². The van der Waals surface area contributed by atoms with Gasteiger partial charge in [-0.1, -0.05) is 45.0 Å². The summed E-state index contributed by atoms with van der Waals surface area (Å²) in [4.78, 5) is 0. The first-order valence-electron chi connectivity index (χ1n) is 9.91. The van der Waals surface area contributed by atoms with Crippen molar-refractivity contribution >= 4 is 5.69 Å². The fourth-order valence-electron chi connectivity index (χ4n) is 4.07. The minimum absolute atomic E-state index is 0.0627. The monoisotopic (exact) mass is 387 g/mol. The average Bonchev–Trinajstić information content (AvgIpc) is 3.18. The first-order valence-corrected chi connectivity index (χ1v) is 9.91. The fourth-order valence-corrected chi connectivity index (χ4v) is 4.07. The molecule has 1 atom stereocenters. The summed E-state index contributed by atoms with van der Waals surface area (Å²) in [5.41, 5.74) is 4.20. The minimum Gasteiger partial charge on any atom is -0.458 e. The molecule has 1 aromatic heterocycles. The van der Waals surface area contributed by atoms with Gasteiger partial charge >= 0.3 is 0 Å². The zero-order valence-electron chi connectivity index (χ0n) is 17.4. The lowest BCUT2D eigenvalue weighted by Gasteiger charge is -2.31. The van der Waals surface area contributed by atoms with E-state index >= 15 is 0 Å². The predicted molar refractivity (Wildman–Crippen MR) is 114 cm³/mol. The van der Waals surface area contributed by atoms with E-state index in [1.165, 1.54) is 5.56 Å². The summed E-state index contributed by atoms with van der Waals surface area (Å²) < 4.78 is 14.5. The molecule has 0 radical (unpaired) electrons. The number of ether oxygens (including phenoxy) is 2. The average molecular weight is 387 g/mol. The van der Waals surface area contributed by atoms with Crippen molar-refractivity contribution in [2.45, 2.75) is 45.8 Å². The van der Waals surface area contributed by atoms with Crippen LogP contribution in [0.5, 0.6) is 11.6 Å². The molecule has 0 amide bonds. The van der Waals surface area contributed by atoms with E-state index < -0.39 is 5.72 Å². The van der Waals surface area contributed by atoms with Crippen LogP contribution in [0.1, 0.15) is 44.5 Å². The summed E-state index contributed by atoms with van der Waals surface area (Å²) in [5.74, 6) is 2.29. The van der Waals surface area contributed by atoms with Gasteiger partial charge in [0.15, 0.2) is 0 Å². The lowest BCUT2D eigenvalue weighted by atomic mass is 9.87. The number of fused-ring (bicyclic) bond motifs is 3. The van der Waals surface area contributed by atoms with Gasteiger partial charge in [0.05, 0.1) is 17.1 Å². The Morgan fingerprint density at radius 2 is 1.79 bits per heavy atom. The van der Waals surface area contributed by atoms with Gasteiger partial charge in [-0.2, -0.15) is 5.10 Å². The molecule has 2 aromatic carbocycles. The highest BCUT2D eigenvalue weighted by Gasteiger charge is 2.47. The number of hydrogen-bond acceptors (Lipinski definition) is 4. The highest BCUT2D eigenvalue weighted by Crippen LogP contribution is 2.50. The number of nitrogens with one attached hydrogen (secondary N) is 1. The van der Waals surface area contributed by atoms with E-state index in [0.717, 1.165) is 34.1 Å². The van der Waals surface area contributed by atoms with E-state index in [0.29, 0.717) is 5.88 Å². The number of aromatic nitrogens is 2. The van der Waals surface area contributed by atoms with Crippen LogP contribution in [-0.2, 0) is 11.1 Å². The molecular formula is C24H25N3O2. The van der Waals surface area contributed by atoms with Crippen molar-refractivity contribution in [3.63, 3.8) is 0 Å². The molecule has 2 aliphatic rings. The molecule has 0 unspecified atom stereocenters. The Bertz CT molecular complexity index is 1140. The largest absolute Gasteiger partial charge is 0.458 e. The third-order valence-corrected chi connectivity index (χ3v) is 5.49. The molecule has 0 aliphatic carbocycles. The van der Waals surface area contributed by atoms with E-state index in [9.17, 15) is 0 Å². The van der Waals surface area contributed by atoms with Crippen LogP contribution in [0.2, 0.25) is 0 Å². The molecular weight excluding hydrogens is 362 g/mol. The SMILES string of the molecule is CC1=C[C@]2(Nc3cc(C(C)(C)C)ccc3O2)c2c(C)nn(-c3ccccc3)c2O1. The molecule has 2 aliphatic heterocycles. The zero-order chi connectivity index (χ0) is 20.4. The molecule has 0 fully saturated rings. The lowest BCUT2D eigenvalue weighted by molar-refractivity contribution is 0.153. The van der Waals surface area contributed by atoms with E-state index in [4.69, 9.17) is 14.6 Å². The number of rotatable bonds is 1. The standard InChI is InChI=1S/C24H25N3O2/c1-15-14-24(25-19-13-17(23(3,4)5)11-12-20(19)29-24)21-16(2)26-27(22(21)28-15)18-9-7-6-8-10-18/h6-14,25H,1-5H3/t24-/m1/s1. The fraction of sp³-hybridized carbons (Fsp3) is 0.292. The van der Waals surface area contributed by atoms with Crippen molar-refractivity contribution < 1.29 is 9.47 Å². The second kappa shape index (κ2) is 5.89. The van der Waals surface area contributed by atoms with Crippen molar-refractivity contribution in [2.75, 3.05) is 5.32 Å². The molecule has 5 rings (SSSR count). The highest BCUT2D eigenvalue weighted by atomic mass is 16.5. The van der Waals surface area contributed by atoms with E-state index in [-0.39, 0.29) is 5.41 Å². The second-order valence-electron chi connectivity index (χ2n) is 8.79. The molecule has 29 heavy (non-hydrogen) atoms. The molecule has 3 heterocycles. The minimum atomic E-state index is -0.826. The summed E-state index contributed by atoms with van der Waals surface area (Å²) in [6, 6.07) is 16.4. The number of hydrogen-bond donors (Lipinski definition) is 1. The van der Waals surface area contributed by atoms with Crippen LogP contribution < -0.4 is 14.8 Å². The maximum absolute atomic E-state index is 6.51. The van der Waals surface area contributed by atoms with Gasteiger partial charge in [-0.25, -0.2) is 4.68 Å². The van der Waals surface area contributed by atoms with Crippen LogP contribution in [0, 0.1) is 6.92 Å². The van der Waals surface area contributed by atoms with Gasteiger partial charge in [-0.05, 0) is 49.1 Å². The molecule has 5 heteroatoms. The number of para-hydroxylation sites is 1. The van der Waals surface area contributed by atoms with Crippen molar-refractivity contribution in [3.05, 3.63) is 77.2 Å². The van der Waals surface area contributed by atoms with Crippen molar-refractivity contribution in [1.29, 1.82) is 0 Å². The predicted octanol–water partition coefficient (Wildman–Crippen LogP) is 5.43. The van der Waals surface area contributed by atoms with Gasteiger partial charge in [0, 0.05) is 6.08 Å². The number of anilines is 1. The van der Waals surface area contributed by atoms with Gasteiger partial charge in [-0.15, -0.1) is 0 Å². The Kier molecular flexibility index (Phi) is 3.63. The third-order valence-electron chi connectivity index (χ3n) is 5.49. The molecule has 1 spiro atoms. The Labute approximate surface area is 171 Å². The Morgan fingerprint density at radius 1 is 1.03 bits per heavy atom. The van der Waals surface area contributed by atoms with Gasteiger partial charge < -0.3 is 14.8 Å². The van der Waals surface area contributed by atoms with Gasteiger partial charge in [0.25, 0.3) is 0 Å². The van der Waals surface area contributed by atoms with Gasteiger partial charge in [0.2, 0.25) is 11.6 Å². The summed E-state index contributed by atoms with van der Waals surface area (Å²) >= 11 is 0. The van der Waals surface area contributed by atoms with E-state index in [2.05, 4.69) is 38.2 Å². The normalized spacial score (nSPS) is 19.7. The maximum atomic E-state index is 6.51. The van der Waals surface area contributed by atoms with Gasteiger partial charge in [0.1, 0.15) is 17.1 Å². The summed E-state index contributed by atoms with van der Waals surface area (Å²) in [7, 11) is 0. The first-order chi connectivity index (χ1) is 13.8. The molecule has 0 bridgehead atoms. The van der Waals surface area contributed by atoms with Crippen LogP contribution in [0.3, 0.4) is 0 Å². The Balaban J connectivity index is 1.64. The quantitative estimate of drug-likeness (QED) is 0.605. The number of benzene rings is 2.